The summed E-state index contributed by atoms with van der Waals surface area (Å²) >= 11 is 12.2. The molecule has 0 atom stereocenters. The van der Waals surface area contributed by atoms with Crippen LogP contribution >= 0.6 is 50.8 Å². The lowest BCUT2D eigenvalue weighted by Gasteiger charge is -2.31. The fourth-order valence-corrected chi connectivity index (χ4v) is 13.6. The van der Waals surface area contributed by atoms with Gasteiger partial charge in [0.1, 0.15) is 40.6 Å². The standard InChI is InChI=1S/C22H27F3N4O5S.C17H15ClF3N5O.C16H21BrN4O2.C16H21N5S/c1-8-14-11(2)17(26-27-21-13(4)20(34-28-21)22(23,24)25)12(3)19(35-7)18(14)29(9-15(30)32-5)10-16(31)33-6;1-9-8-11(26-6-4-5-7-26)12(17(19,20)21)13(18)14(9)23-24-15-10(2)16(22-3)27-25-15;1-6-7-21(4)13-8-10(2)12(9-14(13)22-5)18-19-16-15(17)11(3)23-20-16;1-4-7-21-8-5-6-13-10-14(11(2)9-15(13)21)18-19-16-17-12(3)20-22-16/h8-10H2,1-7H3;8H,4-7H2,1-2H3;8-9H,6-7H2,1-5H3;9-10H,4-8H2,1-3H3. The average Bonchev–Trinajstić information content (AvgIpc) is 1.22. The summed E-state index contributed by atoms with van der Waals surface area (Å²) in [4.78, 5) is 40.2. The van der Waals surface area contributed by atoms with Gasteiger partial charge in [-0.3, -0.25) is 9.59 Å². The number of ether oxygens (including phenoxy) is 3. The number of carbonyl (C=O) groups excluding carboxylic acids is 2. The second-order valence-corrected chi connectivity index (χ2v) is 27.4. The first-order valence-corrected chi connectivity index (χ1v) is 36.9. The van der Waals surface area contributed by atoms with Gasteiger partial charge in [-0.25, -0.2) is 4.98 Å². The topological polar surface area (TPSA) is 282 Å². The Kier molecular flexibility index (Phi) is 30.5. The first-order valence-electron chi connectivity index (χ1n) is 33.8. The van der Waals surface area contributed by atoms with Crippen LogP contribution in [-0.2, 0) is 44.3 Å². The van der Waals surface area contributed by atoms with Crippen molar-refractivity contribution in [2.75, 3.05) is 100 Å². The maximum Gasteiger partial charge on any atom is 0.452 e. The number of fused-ring (bicyclic) bond motifs is 1. The fraction of sp³-hybridized carbons (Fsp3) is 0.465. The van der Waals surface area contributed by atoms with Gasteiger partial charge in [0.2, 0.25) is 28.3 Å². The van der Waals surface area contributed by atoms with Crippen LogP contribution in [0.5, 0.6) is 5.75 Å². The third-order valence-electron chi connectivity index (χ3n) is 17.1. The summed E-state index contributed by atoms with van der Waals surface area (Å²) in [6.07, 6.45) is -0.732. The molecule has 4 aromatic carbocycles. The van der Waals surface area contributed by atoms with Gasteiger partial charge in [0, 0.05) is 79.1 Å². The number of thioether (sulfide) groups is 1. The van der Waals surface area contributed by atoms with Crippen LogP contribution in [0.4, 0.5) is 100 Å². The van der Waals surface area contributed by atoms with Crippen molar-refractivity contribution in [3.63, 3.8) is 0 Å². The molecule has 8 aromatic rings. The summed E-state index contributed by atoms with van der Waals surface area (Å²) in [6.45, 7) is 32.9. The zero-order valence-corrected chi connectivity index (χ0v) is 66.4. The molecule has 0 aliphatic carbocycles. The number of methoxy groups -OCH3 is 3. The van der Waals surface area contributed by atoms with Crippen molar-refractivity contribution in [1.29, 1.82) is 0 Å². The molecule has 107 heavy (non-hydrogen) atoms. The summed E-state index contributed by atoms with van der Waals surface area (Å²) in [5.41, 5.74) is 10.5. The van der Waals surface area contributed by atoms with E-state index in [9.17, 15) is 35.9 Å². The highest BCUT2D eigenvalue weighted by atomic mass is 79.9. The molecule has 4 aromatic heterocycles. The van der Waals surface area contributed by atoms with Gasteiger partial charge < -0.3 is 47.4 Å². The Bertz CT molecular complexity index is 4570. The predicted molar refractivity (Wildman–Crippen MR) is 403 cm³/mol. The van der Waals surface area contributed by atoms with Crippen molar-refractivity contribution in [3.05, 3.63) is 124 Å². The molecule has 6 heterocycles. The van der Waals surface area contributed by atoms with Crippen LogP contribution in [0.25, 0.3) is 4.85 Å². The number of nitrogens with zero attached hydrogens (tertiary/aromatic N) is 18. The third kappa shape index (κ3) is 21.3. The molecule has 0 bridgehead atoms. The van der Waals surface area contributed by atoms with Crippen molar-refractivity contribution >= 4 is 137 Å². The number of halogens is 8. The molecule has 2 aliphatic heterocycles. The van der Waals surface area contributed by atoms with E-state index in [1.54, 1.807) is 44.6 Å². The monoisotopic (exact) mass is 1610 g/mol. The molecule has 0 N–H and O–H groups in total. The Balaban J connectivity index is 0.000000202. The quantitative estimate of drug-likeness (QED) is 0.0200. The number of alkyl halides is 6. The molecular weight excluding hydrogens is 1530 g/mol. The normalized spacial score (nSPS) is 13.0. The van der Waals surface area contributed by atoms with Crippen molar-refractivity contribution < 1.29 is 63.7 Å². The Morgan fingerprint density at radius 1 is 0.710 bits per heavy atom. The largest absolute Gasteiger partial charge is 0.495 e. The van der Waals surface area contributed by atoms with E-state index >= 15 is 0 Å². The predicted octanol–water partition coefficient (Wildman–Crippen LogP) is 22.1. The average molecular weight is 1610 g/mol. The van der Waals surface area contributed by atoms with E-state index in [1.165, 1.54) is 74.6 Å². The summed E-state index contributed by atoms with van der Waals surface area (Å²) in [7, 11) is 6.22. The highest BCUT2D eigenvalue weighted by Crippen LogP contribution is 2.49. The van der Waals surface area contributed by atoms with Crippen molar-refractivity contribution in [2.45, 2.75) is 145 Å². The first-order chi connectivity index (χ1) is 50.8. The van der Waals surface area contributed by atoms with E-state index in [0.29, 0.717) is 74.3 Å². The number of aryl methyl sites for hydroxylation is 6. The van der Waals surface area contributed by atoms with E-state index < -0.39 is 40.6 Å². The number of anilines is 4. The summed E-state index contributed by atoms with van der Waals surface area (Å²) in [5.74, 6) is 0.0106. The molecule has 574 valence electrons. The lowest BCUT2D eigenvalue weighted by atomic mass is 9.97. The lowest BCUT2D eigenvalue weighted by Crippen LogP contribution is -2.37. The van der Waals surface area contributed by atoms with Gasteiger partial charge in [0.25, 0.3) is 0 Å². The highest BCUT2D eigenvalue weighted by molar-refractivity contribution is 9.10. The molecular formula is C71H84BrClF6N18O8S2. The SMILES string of the molecule is CCCN(C)c1cc(C)c(N=Nc2noc(C)c2Br)cc1OC.CCCN1CCCc2cc(N=Nc3nc(C)ns3)c(C)cc21.CCc1c(C)c(N=Nc2noc(C(F)(F)F)c2C)c(C)c(SC)c1N(CC(=O)OC)CC(=O)OC.[C-]#[N+]c1onc(N=Nc2c(C)cc(N3CCCC3)c(C(F)(F)F)c2Cl)c1C. The molecule has 36 heteroatoms. The molecule has 26 nitrogen and oxygen atoms in total. The second-order valence-electron chi connectivity index (χ2n) is 24.7. The van der Waals surface area contributed by atoms with Crippen LogP contribution in [-0.4, -0.2) is 117 Å². The molecule has 0 spiro atoms. The van der Waals surface area contributed by atoms with E-state index in [2.05, 4.69) is 147 Å². The summed E-state index contributed by atoms with van der Waals surface area (Å²) < 4.78 is 114. The molecule has 0 radical (unpaired) electrons. The van der Waals surface area contributed by atoms with E-state index in [0.717, 1.165) is 95.5 Å². The minimum absolute atomic E-state index is 0.0219. The molecule has 1 fully saturated rings. The van der Waals surface area contributed by atoms with E-state index in [4.69, 9.17) is 41.4 Å². The summed E-state index contributed by atoms with van der Waals surface area (Å²) in [5, 5.41) is 43.8. The summed E-state index contributed by atoms with van der Waals surface area (Å²) in [6, 6.07) is 9.83. The van der Waals surface area contributed by atoms with Crippen LogP contribution in [0.3, 0.4) is 0 Å². The molecule has 0 unspecified atom stereocenters. The third-order valence-corrected chi connectivity index (χ3v) is 20.0. The van der Waals surface area contributed by atoms with Gasteiger partial charge in [-0.05, 0) is 193 Å². The minimum atomic E-state index is -4.69. The van der Waals surface area contributed by atoms with E-state index in [1.807, 2.05) is 40.0 Å². The van der Waals surface area contributed by atoms with Gasteiger partial charge in [0.15, 0.2) is 0 Å². The Hall–Kier alpha value is -9.40. The Labute approximate surface area is 637 Å². The van der Waals surface area contributed by atoms with Crippen molar-refractivity contribution in [3.8, 4) is 5.75 Å². The number of aromatic nitrogens is 5. The molecule has 0 amide bonds. The number of hydrogen-bond donors (Lipinski definition) is 0. The molecule has 0 saturated carbocycles. The number of benzene rings is 4. The van der Waals surface area contributed by atoms with Crippen LogP contribution < -0.4 is 24.3 Å². The van der Waals surface area contributed by atoms with Gasteiger partial charge in [-0.15, -0.1) is 52.7 Å². The van der Waals surface area contributed by atoms with Crippen LogP contribution in [0.1, 0.15) is 126 Å². The maximum atomic E-state index is 13.7. The smallest absolute Gasteiger partial charge is 0.452 e. The van der Waals surface area contributed by atoms with Gasteiger partial charge in [-0.1, -0.05) is 47.8 Å². The van der Waals surface area contributed by atoms with Gasteiger partial charge >= 0.3 is 30.2 Å². The number of hydrogen-bond acceptors (Lipinski definition) is 27. The van der Waals surface area contributed by atoms with Gasteiger partial charge in [0.05, 0.1) is 72.6 Å². The Morgan fingerprint density at radius 2 is 1.31 bits per heavy atom. The number of carbonyl (C=O) groups is 2. The first kappa shape index (κ1) is 84.9. The lowest BCUT2D eigenvalue weighted by molar-refractivity contribution is -0.156. The zero-order valence-electron chi connectivity index (χ0n) is 62.4. The minimum Gasteiger partial charge on any atom is -0.495 e. The number of azo groups is 4. The highest BCUT2D eigenvalue weighted by Gasteiger charge is 2.41. The number of rotatable bonds is 22. The van der Waals surface area contributed by atoms with Crippen LogP contribution in [0.15, 0.2) is 94.2 Å². The number of esters is 2. The second kappa shape index (κ2) is 38.4. The van der Waals surface area contributed by atoms with Gasteiger partial charge in [-0.2, -0.15) is 35.6 Å². The van der Waals surface area contributed by atoms with E-state index in [-0.39, 0.29) is 47.5 Å². The van der Waals surface area contributed by atoms with Crippen LogP contribution in [0.2, 0.25) is 5.02 Å². The zero-order chi connectivity index (χ0) is 78.8. The van der Waals surface area contributed by atoms with Crippen molar-refractivity contribution in [2.24, 2.45) is 40.9 Å². The maximum absolute atomic E-state index is 13.7. The molecule has 10 rings (SSSR count). The fourth-order valence-electron chi connectivity index (χ4n) is 11.6. The molecule has 1 saturated heterocycles. The van der Waals surface area contributed by atoms with Crippen LogP contribution in [0, 0.1) is 68.9 Å². The Morgan fingerprint density at radius 3 is 1.85 bits per heavy atom. The molecule has 2 aliphatic rings. The van der Waals surface area contributed by atoms with Crippen molar-refractivity contribution in [1.82, 2.24) is 24.8 Å².